The van der Waals surface area contributed by atoms with Gasteiger partial charge in [0.1, 0.15) is 5.02 Å². The average Bonchev–Trinajstić information content (AvgIpc) is 2.89. The Morgan fingerprint density at radius 2 is 2.32 bits per heavy atom. The van der Waals surface area contributed by atoms with E-state index < -0.39 is 10.8 Å². The Labute approximate surface area is 112 Å². The molecule has 8 heteroatoms. The molecule has 1 aromatic heterocycles. The van der Waals surface area contributed by atoms with Gasteiger partial charge in [-0.05, 0) is 12.1 Å². The molecule has 0 aliphatic heterocycles. The van der Waals surface area contributed by atoms with Gasteiger partial charge in [-0.2, -0.15) is 0 Å². The van der Waals surface area contributed by atoms with Crippen molar-refractivity contribution in [3.05, 3.63) is 57.1 Å². The number of aromatic nitrogens is 2. The molecule has 0 bridgehead atoms. The van der Waals surface area contributed by atoms with Crippen LogP contribution in [0.2, 0.25) is 5.02 Å². The highest BCUT2D eigenvalue weighted by molar-refractivity contribution is 6.32. The number of carbonyl (C=O) groups excluding carboxylic acids is 1. The van der Waals surface area contributed by atoms with Gasteiger partial charge in [0, 0.05) is 17.8 Å². The van der Waals surface area contributed by atoms with Crippen molar-refractivity contribution >= 4 is 23.2 Å². The molecule has 0 aliphatic carbocycles. The molecule has 2 rings (SSSR count). The summed E-state index contributed by atoms with van der Waals surface area (Å²) < 4.78 is 0. The van der Waals surface area contributed by atoms with Crippen LogP contribution in [0, 0.1) is 10.1 Å². The number of H-pyrrole nitrogens is 1. The highest BCUT2D eigenvalue weighted by atomic mass is 35.5. The van der Waals surface area contributed by atoms with Crippen LogP contribution in [0.3, 0.4) is 0 Å². The maximum absolute atomic E-state index is 11.8. The topological polar surface area (TPSA) is 101 Å². The number of nitrogens with one attached hydrogen (secondary N) is 2. The van der Waals surface area contributed by atoms with Crippen molar-refractivity contribution < 1.29 is 9.72 Å². The SMILES string of the molecule is O=C(NCc1cnc[nH]1)c1ccc(Cl)c([N+](=O)[O-])c1. The van der Waals surface area contributed by atoms with Gasteiger partial charge in [-0.1, -0.05) is 11.6 Å². The van der Waals surface area contributed by atoms with E-state index in [0.717, 1.165) is 11.8 Å². The second kappa shape index (κ2) is 5.49. The molecule has 1 heterocycles. The van der Waals surface area contributed by atoms with E-state index in [0.29, 0.717) is 0 Å². The lowest BCUT2D eigenvalue weighted by molar-refractivity contribution is -0.384. The molecule has 1 amide bonds. The first-order valence-corrected chi connectivity index (χ1v) is 5.65. The zero-order valence-electron chi connectivity index (χ0n) is 9.59. The van der Waals surface area contributed by atoms with Crippen molar-refractivity contribution in [2.75, 3.05) is 0 Å². The van der Waals surface area contributed by atoms with E-state index in [-0.39, 0.29) is 22.8 Å². The normalized spacial score (nSPS) is 10.2. The summed E-state index contributed by atoms with van der Waals surface area (Å²) in [5.41, 5.74) is 0.614. The predicted octanol–water partition coefficient (Wildman–Crippen LogP) is 1.90. The summed E-state index contributed by atoms with van der Waals surface area (Å²) >= 11 is 5.67. The Morgan fingerprint density at radius 3 is 2.95 bits per heavy atom. The van der Waals surface area contributed by atoms with E-state index in [2.05, 4.69) is 15.3 Å². The van der Waals surface area contributed by atoms with Crippen LogP contribution < -0.4 is 5.32 Å². The van der Waals surface area contributed by atoms with Gasteiger partial charge >= 0.3 is 0 Å². The zero-order valence-corrected chi connectivity index (χ0v) is 10.3. The van der Waals surface area contributed by atoms with Crippen LogP contribution in [0.5, 0.6) is 0 Å². The lowest BCUT2D eigenvalue weighted by Crippen LogP contribution is -2.23. The Bertz CT molecular complexity index is 612. The minimum absolute atomic E-state index is 0.00452. The van der Waals surface area contributed by atoms with Crippen LogP contribution in [0.1, 0.15) is 16.1 Å². The molecule has 0 unspecified atom stereocenters. The minimum Gasteiger partial charge on any atom is -0.347 e. The molecule has 0 atom stereocenters. The van der Waals surface area contributed by atoms with Crippen LogP contribution in [-0.2, 0) is 6.54 Å². The van der Waals surface area contributed by atoms with Gasteiger partial charge in [-0.15, -0.1) is 0 Å². The first-order chi connectivity index (χ1) is 9.08. The number of nitrogens with zero attached hydrogens (tertiary/aromatic N) is 2. The van der Waals surface area contributed by atoms with Crippen molar-refractivity contribution in [1.82, 2.24) is 15.3 Å². The first-order valence-electron chi connectivity index (χ1n) is 5.27. The summed E-state index contributed by atoms with van der Waals surface area (Å²) in [6.07, 6.45) is 3.07. The summed E-state index contributed by atoms with van der Waals surface area (Å²) in [6.45, 7) is 0.259. The molecular formula is C11H9ClN4O3. The van der Waals surface area contributed by atoms with Crippen molar-refractivity contribution in [2.24, 2.45) is 0 Å². The third kappa shape index (κ3) is 3.08. The smallest absolute Gasteiger partial charge is 0.288 e. The lowest BCUT2D eigenvalue weighted by atomic mass is 10.2. The van der Waals surface area contributed by atoms with Crippen LogP contribution >= 0.6 is 11.6 Å². The zero-order chi connectivity index (χ0) is 13.8. The number of benzene rings is 1. The molecule has 0 saturated carbocycles. The number of hydrogen-bond acceptors (Lipinski definition) is 4. The quantitative estimate of drug-likeness (QED) is 0.659. The molecule has 7 nitrogen and oxygen atoms in total. The van der Waals surface area contributed by atoms with Gasteiger partial charge in [-0.3, -0.25) is 14.9 Å². The second-order valence-electron chi connectivity index (χ2n) is 3.68. The molecule has 2 aromatic rings. The number of imidazole rings is 1. The number of nitro benzene ring substituents is 1. The third-order valence-electron chi connectivity index (χ3n) is 2.40. The largest absolute Gasteiger partial charge is 0.347 e. The summed E-state index contributed by atoms with van der Waals surface area (Å²) in [7, 11) is 0. The summed E-state index contributed by atoms with van der Waals surface area (Å²) in [5, 5.41) is 13.3. The van der Waals surface area contributed by atoms with E-state index in [9.17, 15) is 14.9 Å². The van der Waals surface area contributed by atoms with Gasteiger partial charge in [-0.25, -0.2) is 4.98 Å². The van der Waals surface area contributed by atoms with Crippen LogP contribution in [-0.4, -0.2) is 20.8 Å². The van der Waals surface area contributed by atoms with Crippen molar-refractivity contribution in [3.8, 4) is 0 Å². The lowest BCUT2D eigenvalue weighted by Gasteiger charge is -2.04. The van der Waals surface area contributed by atoms with Gasteiger partial charge in [0.2, 0.25) is 0 Å². The Kier molecular flexibility index (Phi) is 3.76. The Morgan fingerprint density at radius 1 is 1.53 bits per heavy atom. The molecule has 0 aliphatic rings. The minimum atomic E-state index is -0.631. The van der Waals surface area contributed by atoms with Gasteiger partial charge in [0.25, 0.3) is 11.6 Å². The number of nitro groups is 1. The second-order valence-corrected chi connectivity index (χ2v) is 4.09. The van der Waals surface area contributed by atoms with Gasteiger partial charge < -0.3 is 10.3 Å². The highest BCUT2D eigenvalue weighted by Crippen LogP contribution is 2.24. The first kappa shape index (κ1) is 13.0. The summed E-state index contributed by atoms with van der Waals surface area (Å²) in [4.78, 5) is 28.5. The summed E-state index contributed by atoms with van der Waals surface area (Å²) in [6, 6.07) is 3.90. The fraction of sp³-hybridized carbons (Fsp3) is 0.0909. The van der Waals surface area contributed by atoms with Crippen LogP contribution in [0.15, 0.2) is 30.7 Å². The molecule has 2 N–H and O–H groups in total. The van der Waals surface area contributed by atoms with E-state index in [1.165, 1.54) is 18.5 Å². The fourth-order valence-corrected chi connectivity index (χ4v) is 1.64. The van der Waals surface area contributed by atoms with E-state index >= 15 is 0 Å². The van der Waals surface area contributed by atoms with Crippen LogP contribution in [0.4, 0.5) is 5.69 Å². The number of halogens is 1. The van der Waals surface area contributed by atoms with Crippen molar-refractivity contribution in [3.63, 3.8) is 0 Å². The van der Waals surface area contributed by atoms with Crippen molar-refractivity contribution in [2.45, 2.75) is 6.54 Å². The van der Waals surface area contributed by atoms with Crippen molar-refractivity contribution in [1.29, 1.82) is 0 Å². The number of hydrogen-bond donors (Lipinski definition) is 2. The van der Waals surface area contributed by atoms with Crippen LogP contribution in [0.25, 0.3) is 0 Å². The third-order valence-corrected chi connectivity index (χ3v) is 2.72. The molecule has 0 radical (unpaired) electrons. The molecule has 1 aromatic carbocycles. The molecule has 0 spiro atoms. The predicted molar refractivity (Wildman–Crippen MR) is 67.9 cm³/mol. The molecule has 98 valence electrons. The summed E-state index contributed by atoms with van der Waals surface area (Å²) in [5.74, 6) is -0.422. The number of amides is 1. The maximum Gasteiger partial charge on any atom is 0.288 e. The highest BCUT2D eigenvalue weighted by Gasteiger charge is 2.16. The van der Waals surface area contributed by atoms with E-state index in [4.69, 9.17) is 11.6 Å². The average molecular weight is 281 g/mol. The molecule has 19 heavy (non-hydrogen) atoms. The van der Waals surface area contributed by atoms with E-state index in [1.54, 1.807) is 6.20 Å². The molecular weight excluding hydrogens is 272 g/mol. The number of rotatable bonds is 4. The Balaban J connectivity index is 2.11. The van der Waals surface area contributed by atoms with Gasteiger partial charge in [0.15, 0.2) is 0 Å². The van der Waals surface area contributed by atoms with E-state index in [1.807, 2.05) is 0 Å². The Hall–Kier alpha value is -2.41. The molecule has 0 saturated heterocycles. The fourth-order valence-electron chi connectivity index (χ4n) is 1.45. The maximum atomic E-state index is 11.8. The molecule has 0 fully saturated rings. The standard InChI is InChI=1S/C11H9ClN4O3/c12-9-2-1-7(3-10(9)16(18)19)11(17)14-5-8-4-13-6-15-8/h1-4,6H,5H2,(H,13,15)(H,14,17). The number of aromatic amines is 1. The number of carbonyl (C=O) groups is 1. The van der Waals surface area contributed by atoms with Gasteiger partial charge in [0.05, 0.1) is 23.5 Å². The monoisotopic (exact) mass is 280 g/mol.